The van der Waals surface area contributed by atoms with Crippen LogP contribution in [0.3, 0.4) is 0 Å². The number of esters is 2. The van der Waals surface area contributed by atoms with Crippen molar-refractivity contribution in [3.8, 4) is 12.1 Å². The van der Waals surface area contributed by atoms with Crippen molar-refractivity contribution >= 4 is 11.9 Å². The van der Waals surface area contributed by atoms with E-state index in [1.165, 1.54) is 0 Å². The second-order valence-electron chi connectivity index (χ2n) is 10.7. The summed E-state index contributed by atoms with van der Waals surface area (Å²) in [5.41, 5.74) is 3.22. The third-order valence-electron chi connectivity index (χ3n) is 6.03. The highest BCUT2D eigenvalue weighted by atomic mass is 16.5. The fourth-order valence-electron chi connectivity index (χ4n) is 4.71. The van der Waals surface area contributed by atoms with E-state index in [-0.39, 0.29) is 35.2 Å². The van der Waals surface area contributed by atoms with E-state index in [0.717, 1.165) is 24.2 Å². The van der Waals surface area contributed by atoms with Crippen LogP contribution in [-0.4, -0.2) is 38.2 Å². The first kappa shape index (κ1) is 28.7. The molecule has 2 rings (SSSR count). The zero-order chi connectivity index (χ0) is 26.9. The van der Waals surface area contributed by atoms with Gasteiger partial charge in [-0.2, -0.15) is 10.5 Å². The van der Waals surface area contributed by atoms with Crippen LogP contribution >= 0.6 is 0 Å². The third kappa shape index (κ3) is 8.02. The molecule has 2 aliphatic carbocycles. The van der Waals surface area contributed by atoms with Gasteiger partial charge in [0.2, 0.25) is 0 Å². The summed E-state index contributed by atoms with van der Waals surface area (Å²) in [6, 6.07) is 4.04. The van der Waals surface area contributed by atoms with E-state index >= 15 is 0 Å². The Morgan fingerprint density at radius 1 is 0.778 bits per heavy atom. The van der Waals surface area contributed by atoms with E-state index in [1.54, 1.807) is 13.8 Å². The summed E-state index contributed by atoms with van der Waals surface area (Å²) in [6.07, 6.45) is 6.62. The highest BCUT2D eigenvalue weighted by molar-refractivity contribution is 5.95. The number of carbonyl (C=O) groups is 2. The van der Waals surface area contributed by atoms with Gasteiger partial charge in [-0.1, -0.05) is 27.7 Å². The van der Waals surface area contributed by atoms with Crippen molar-refractivity contribution < 1.29 is 19.1 Å². The zero-order valence-electron chi connectivity index (χ0n) is 22.3. The van der Waals surface area contributed by atoms with E-state index in [1.807, 2.05) is 24.3 Å². The average molecular weight is 495 g/mol. The zero-order valence-corrected chi connectivity index (χ0v) is 22.3. The average Bonchev–Trinajstić information content (AvgIpc) is 2.76. The Morgan fingerprint density at radius 2 is 1.14 bits per heavy atom. The fourth-order valence-corrected chi connectivity index (χ4v) is 4.71. The highest BCUT2D eigenvalue weighted by Crippen LogP contribution is 2.39. The molecular formula is C28H38N4O4. The maximum absolute atomic E-state index is 12.2. The minimum absolute atomic E-state index is 0.0610. The number of hydrogen-bond donors (Lipinski definition) is 2. The molecule has 0 aromatic heterocycles. The first-order valence-electron chi connectivity index (χ1n) is 12.4. The van der Waals surface area contributed by atoms with E-state index in [2.05, 4.69) is 38.3 Å². The molecule has 0 bridgehead atoms. The lowest BCUT2D eigenvalue weighted by molar-refractivity contribution is -0.139. The first-order valence-corrected chi connectivity index (χ1v) is 12.4. The molecule has 2 N–H and O–H groups in total. The van der Waals surface area contributed by atoms with Crippen molar-refractivity contribution in [1.82, 2.24) is 10.6 Å². The van der Waals surface area contributed by atoms with Crippen LogP contribution in [0.1, 0.15) is 67.2 Å². The standard InChI is InChI=1S/C28H38N4O4/c1-7-35-25(33)23(17-29)19-11-21(15-27(3,4)13-19)31-9-10-32-22-12-20(14-28(5,6)16-22)24(18-30)26(34)36-8-2/h11-12,31-32H,7-10,13-16H2,1-6H3/b23-19-,24-20+. The topological polar surface area (TPSA) is 124 Å². The van der Waals surface area contributed by atoms with Gasteiger partial charge in [-0.3, -0.25) is 0 Å². The maximum Gasteiger partial charge on any atom is 0.349 e. The number of nitriles is 2. The second-order valence-corrected chi connectivity index (χ2v) is 10.7. The van der Waals surface area contributed by atoms with Gasteiger partial charge < -0.3 is 20.1 Å². The van der Waals surface area contributed by atoms with Gasteiger partial charge in [0.25, 0.3) is 0 Å². The largest absolute Gasteiger partial charge is 0.462 e. The van der Waals surface area contributed by atoms with Crippen molar-refractivity contribution in [2.75, 3.05) is 26.3 Å². The molecule has 0 fully saturated rings. The monoisotopic (exact) mass is 494 g/mol. The predicted octanol–water partition coefficient (Wildman–Crippen LogP) is 4.34. The number of rotatable bonds is 9. The molecule has 0 radical (unpaired) electrons. The molecule has 0 aromatic carbocycles. The summed E-state index contributed by atoms with van der Waals surface area (Å²) >= 11 is 0. The quantitative estimate of drug-likeness (QED) is 0.210. The Kier molecular flexibility index (Phi) is 9.93. The number of nitrogens with one attached hydrogen (secondary N) is 2. The Hall–Kier alpha value is -3.52. The van der Waals surface area contributed by atoms with Crippen LogP contribution in [0.25, 0.3) is 0 Å². The van der Waals surface area contributed by atoms with E-state index in [4.69, 9.17) is 9.47 Å². The minimum atomic E-state index is -0.583. The first-order chi connectivity index (χ1) is 16.9. The summed E-state index contributed by atoms with van der Waals surface area (Å²) in [5, 5.41) is 26.0. The van der Waals surface area contributed by atoms with Gasteiger partial charge in [0, 0.05) is 24.5 Å². The lowest BCUT2D eigenvalue weighted by Crippen LogP contribution is -2.32. The van der Waals surface area contributed by atoms with Gasteiger partial charge in [0.05, 0.1) is 13.2 Å². The summed E-state index contributed by atoms with van der Waals surface area (Å²) in [5.74, 6) is -1.17. The molecule has 0 amide bonds. The third-order valence-corrected chi connectivity index (χ3v) is 6.03. The van der Waals surface area contributed by atoms with Crippen molar-refractivity contribution in [1.29, 1.82) is 10.5 Å². The molecule has 0 heterocycles. The van der Waals surface area contributed by atoms with Gasteiger partial charge in [-0.15, -0.1) is 0 Å². The number of nitrogens with zero attached hydrogens (tertiary/aromatic N) is 2. The van der Waals surface area contributed by atoms with Crippen LogP contribution in [0.2, 0.25) is 0 Å². The Bertz CT molecular complexity index is 992. The molecule has 2 aliphatic rings. The molecular weight excluding hydrogens is 456 g/mol. The molecule has 0 spiro atoms. The normalized spacial score (nSPS) is 21.0. The molecule has 0 atom stereocenters. The van der Waals surface area contributed by atoms with Gasteiger partial charge in [0.15, 0.2) is 0 Å². The predicted molar refractivity (Wildman–Crippen MR) is 137 cm³/mol. The van der Waals surface area contributed by atoms with E-state index in [9.17, 15) is 20.1 Å². The summed E-state index contributed by atoms with van der Waals surface area (Å²) < 4.78 is 10.1. The number of ether oxygens (including phenoxy) is 2. The van der Waals surface area contributed by atoms with Crippen LogP contribution < -0.4 is 10.6 Å². The highest BCUT2D eigenvalue weighted by Gasteiger charge is 2.30. The number of hydrogen-bond acceptors (Lipinski definition) is 8. The Morgan fingerprint density at radius 3 is 1.44 bits per heavy atom. The fraction of sp³-hybridized carbons (Fsp3) is 0.571. The minimum Gasteiger partial charge on any atom is -0.462 e. The lowest BCUT2D eigenvalue weighted by Gasteiger charge is -2.33. The SMILES string of the molecule is CCOC(=O)/C(C#N)=C1\C=C(NCCNC2=C/C(=C(\C#N)C(=O)OCC)CC(C)(C)C2)CC(C)(C)C1. The Labute approximate surface area is 214 Å². The molecule has 0 saturated heterocycles. The maximum atomic E-state index is 12.2. The molecule has 0 saturated carbocycles. The van der Waals surface area contributed by atoms with Crippen LogP contribution in [-0.2, 0) is 19.1 Å². The molecule has 0 aromatic rings. The summed E-state index contributed by atoms with van der Waals surface area (Å²) in [4.78, 5) is 24.5. The van der Waals surface area contributed by atoms with Crippen molar-refractivity contribution in [2.45, 2.75) is 67.2 Å². The van der Waals surface area contributed by atoms with Gasteiger partial charge in [0.1, 0.15) is 23.3 Å². The lowest BCUT2D eigenvalue weighted by atomic mass is 9.76. The molecule has 194 valence electrons. The second kappa shape index (κ2) is 12.4. The van der Waals surface area contributed by atoms with Gasteiger partial charge in [-0.25, -0.2) is 9.59 Å². The van der Waals surface area contributed by atoms with Crippen molar-refractivity contribution in [3.05, 3.63) is 45.8 Å². The van der Waals surface area contributed by atoms with E-state index in [0.29, 0.717) is 37.1 Å². The molecule has 0 unspecified atom stereocenters. The van der Waals surface area contributed by atoms with Crippen molar-refractivity contribution in [2.24, 2.45) is 10.8 Å². The molecule has 8 heteroatoms. The van der Waals surface area contributed by atoms with Gasteiger partial charge >= 0.3 is 11.9 Å². The smallest absolute Gasteiger partial charge is 0.349 e. The summed E-state index contributed by atoms with van der Waals surface area (Å²) in [6.45, 7) is 13.6. The van der Waals surface area contributed by atoms with Gasteiger partial charge in [-0.05, 0) is 73.7 Å². The van der Waals surface area contributed by atoms with E-state index < -0.39 is 11.9 Å². The molecule has 8 nitrogen and oxygen atoms in total. The van der Waals surface area contributed by atoms with Crippen LogP contribution in [0.5, 0.6) is 0 Å². The Balaban J connectivity index is 2.14. The molecule has 36 heavy (non-hydrogen) atoms. The van der Waals surface area contributed by atoms with Crippen LogP contribution in [0.4, 0.5) is 0 Å². The number of allylic oxidation sites excluding steroid dienone is 6. The van der Waals surface area contributed by atoms with Crippen molar-refractivity contribution in [3.63, 3.8) is 0 Å². The summed E-state index contributed by atoms with van der Waals surface area (Å²) in [7, 11) is 0. The number of carbonyl (C=O) groups excluding carboxylic acids is 2. The molecule has 0 aliphatic heterocycles. The van der Waals surface area contributed by atoms with Crippen LogP contribution in [0.15, 0.2) is 45.8 Å². The van der Waals surface area contributed by atoms with Crippen LogP contribution in [0, 0.1) is 33.5 Å².